The summed E-state index contributed by atoms with van der Waals surface area (Å²) in [6, 6.07) is 6.33. The fraction of sp³-hybridized carbons (Fsp3) is 0.500. The van der Waals surface area contributed by atoms with Crippen LogP contribution >= 0.6 is 0 Å². The van der Waals surface area contributed by atoms with E-state index in [4.69, 9.17) is 0 Å². The number of aryl methyl sites for hydroxylation is 1. The standard InChI is InChI=1S/C14H18N2O2/c1-8-2-3-11-9(6-8)13(14(17)18)10-7-15-5-4-12(10)16-11/h2-3,6,10,12-13,15-16H,4-5,7H2,1H3,(H,17,18). The summed E-state index contributed by atoms with van der Waals surface area (Å²) >= 11 is 0. The van der Waals surface area contributed by atoms with E-state index in [-0.39, 0.29) is 17.9 Å². The Bertz CT molecular complexity index is 487. The summed E-state index contributed by atoms with van der Waals surface area (Å²) < 4.78 is 0. The first-order valence-corrected chi connectivity index (χ1v) is 6.47. The van der Waals surface area contributed by atoms with Gasteiger partial charge in [-0.15, -0.1) is 0 Å². The number of carbonyl (C=O) groups is 1. The molecule has 0 bridgehead atoms. The predicted molar refractivity (Wildman–Crippen MR) is 69.9 cm³/mol. The summed E-state index contributed by atoms with van der Waals surface area (Å²) in [5.74, 6) is -0.952. The molecule has 0 aromatic heterocycles. The lowest BCUT2D eigenvalue weighted by Gasteiger charge is -2.42. The molecule has 1 aromatic carbocycles. The fourth-order valence-corrected chi connectivity index (χ4v) is 3.23. The molecule has 96 valence electrons. The van der Waals surface area contributed by atoms with Crippen molar-refractivity contribution in [3.63, 3.8) is 0 Å². The molecule has 2 heterocycles. The fourth-order valence-electron chi connectivity index (χ4n) is 3.23. The van der Waals surface area contributed by atoms with Crippen molar-refractivity contribution in [3.8, 4) is 0 Å². The summed E-state index contributed by atoms with van der Waals surface area (Å²) in [5, 5.41) is 16.4. The molecule has 1 saturated heterocycles. The van der Waals surface area contributed by atoms with Crippen LogP contribution in [-0.2, 0) is 4.79 Å². The number of rotatable bonds is 1. The summed E-state index contributed by atoms with van der Waals surface area (Å²) in [6.07, 6.45) is 0.988. The zero-order valence-corrected chi connectivity index (χ0v) is 10.4. The second kappa shape index (κ2) is 4.28. The monoisotopic (exact) mass is 246 g/mol. The molecule has 0 saturated carbocycles. The molecule has 0 spiro atoms. The van der Waals surface area contributed by atoms with Crippen molar-refractivity contribution in [3.05, 3.63) is 29.3 Å². The van der Waals surface area contributed by atoms with E-state index in [1.54, 1.807) is 0 Å². The molecule has 3 atom stereocenters. The number of fused-ring (bicyclic) bond motifs is 2. The van der Waals surface area contributed by atoms with Gasteiger partial charge in [-0.05, 0) is 31.5 Å². The number of piperidine rings is 1. The van der Waals surface area contributed by atoms with Gasteiger partial charge in [0.1, 0.15) is 0 Å². The molecule has 3 N–H and O–H groups in total. The molecule has 1 aromatic rings. The number of hydrogen-bond acceptors (Lipinski definition) is 3. The Kier molecular flexibility index (Phi) is 2.74. The van der Waals surface area contributed by atoms with Crippen LogP contribution in [0.1, 0.15) is 23.5 Å². The zero-order valence-electron chi connectivity index (χ0n) is 10.4. The van der Waals surface area contributed by atoms with Crippen molar-refractivity contribution in [2.45, 2.75) is 25.3 Å². The van der Waals surface area contributed by atoms with Gasteiger partial charge in [-0.2, -0.15) is 0 Å². The second-order valence-corrected chi connectivity index (χ2v) is 5.31. The molecular formula is C14H18N2O2. The maximum atomic E-state index is 11.6. The van der Waals surface area contributed by atoms with Crippen molar-refractivity contribution < 1.29 is 9.90 Å². The third-order valence-electron chi connectivity index (χ3n) is 4.11. The van der Waals surface area contributed by atoms with Crippen LogP contribution < -0.4 is 10.6 Å². The van der Waals surface area contributed by atoms with E-state index in [1.165, 1.54) is 0 Å². The van der Waals surface area contributed by atoms with Crippen LogP contribution in [0.25, 0.3) is 0 Å². The molecule has 4 heteroatoms. The SMILES string of the molecule is Cc1ccc2c(c1)C(C(=O)O)C1CNCCC1N2. The van der Waals surface area contributed by atoms with Crippen molar-refractivity contribution >= 4 is 11.7 Å². The van der Waals surface area contributed by atoms with Crippen molar-refractivity contribution in [1.29, 1.82) is 0 Å². The smallest absolute Gasteiger partial charge is 0.311 e. The van der Waals surface area contributed by atoms with E-state index in [0.717, 1.165) is 36.3 Å². The highest BCUT2D eigenvalue weighted by molar-refractivity contribution is 5.81. The van der Waals surface area contributed by atoms with Crippen molar-refractivity contribution in [2.75, 3.05) is 18.4 Å². The summed E-state index contributed by atoms with van der Waals surface area (Å²) in [6.45, 7) is 3.74. The average molecular weight is 246 g/mol. The maximum Gasteiger partial charge on any atom is 0.311 e. The summed E-state index contributed by atoms with van der Waals surface area (Å²) in [4.78, 5) is 11.6. The number of carboxylic acid groups (broad SMARTS) is 1. The Morgan fingerprint density at radius 1 is 1.44 bits per heavy atom. The Morgan fingerprint density at radius 3 is 3.06 bits per heavy atom. The molecule has 2 aliphatic heterocycles. The molecule has 3 unspecified atom stereocenters. The van der Waals surface area contributed by atoms with Gasteiger partial charge in [0.2, 0.25) is 0 Å². The number of carboxylic acids is 1. The quantitative estimate of drug-likeness (QED) is 0.704. The van der Waals surface area contributed by atoms with Crippen LogP contribution in [0.4, 0.5) is 5.69 Å². The minimum absolute atomic E-state index is 0.144. The van der Waals surface area contributed by atoms with Gasteiger partial charge >= 0.3 is 5.97 Å². The third kappa shape index (κ3) is 1.77. The van der Waals surface area contributed by atoms with Gasteiger partial charge in [0.25, 0.3) is 0 Å². The van der Waals surface area contributed by atoms with E-state index in [2.05, 4.69) is 10.6 Å². The van der Waals surface area contributed by atoms with E-state index in [1.807, 2.05) is 25.1 Å². The molecular weight excluding hydrogens is 228 g/mol. The molecule has 3 rings (SSSR count). The van der Waals surface area contributed by atoms with Crippen LogP contribution in [0.3, 0.4) is 0 Å². The van der Waals surface area contributed by atoms with E-state index in [0.29, 0.717) is 0 Å². The van der Waals surface area contributed by atoms with Gasteiger partial charge < -0.3 is 15.7 Å². The van der Waals surface area contributed by atoms with Gasteiger partial charge in [0, 0.05) is 24.2 Å². The van der Waals surface area contributed by atoms with E-state index >= 15 is 0 Å². The molecule has 0 aliphatic carbocycles. The Balaban J connectivity index is 2.07. The van der Waals surface area contributed by atoms with Crippen LogP contribution in [0.5, 0.6) is 0 Å². The molecule has 2 aliphatic rings. The number of benzene rings is 1. The number of hydrogen-bond donors (Lipinski definition) is 3. The molecule has 1 fully saturated rings. The Morgan fingerprint density at radius 2 is 2.28 bits per heavy atom. The van der Waals surface area contributed by atoms with Gasteiger partial charge in [-0.3, -0.25) is 4.79 Å². The first-order valence-electron chi connectivity index (χ1n) is 6.47. The normalized spacial score (nSPS) is 29.9. The van der Waals surface area contributed by atoms with Gasteiger partial charge in [-0.25, -0.2) is 0 Å². The second-order valence-electron chi connectivity index (χ2n) is 5.31. The van der Waals surface area contributed by atoms with Crippen LogP contribution in [0.15, 0.2) is 18.2 Å². The highest BCUT2D eigenvalue weighted by Crippen LogP contribution is 2.40. The largest absolute Gasteiger partial charge is 0.481 e. The molecule has 4 nitrogen and oxygen atoms in total. The number of anilines is 1. The van der Waals surface area contributed by atoms with Gasteiger partial charge in [-0.1, -0.05) is 17.7 Å². The van der Waals surface area contributed by atoms with E-state index < -0.39 is 5.97 Å². The Hall–Kier alpha value is -1.55. The van der Waals surface area contributed by atoms with Gasteiger partial charge in [0.05, 0.1) is 5.92 Å². The lowest BCUT2D eigenvalue weighted by Crippen LogP contribution is -2.50. The maximum absolute atomic E-state index is 11.6. The zero-order chi connectivity index (χ0) is 12.7. The molecule has 0 radical (unpaired) electrons. The number of nitrogens with one attached hydrogen (secondary N) is 2. The molecule has 0 amide bonds. The number of aliphatic carboxylic acids is 1. The third-order valence-corrected chi connectivity index (χ3v) is 4.11. The summed E-state index contributed by atoms with van der Waals surface area (Å²) in [7, 11) is 0. The highest BCUT2D eigenvalue weighted by atomic mass is 16.4. The Labute approximate surface area is 106 Å². The van der Waals surface area contributed by atoms with Crippen LogP contribution in [0.2, 0.25) is 0 Å². The van der Waals surface area contributed by atoms with Crippen LogP contribution in [0, 0.1) is 12.8 Å². The summed E-state index contributed by atoms with van der Waals surface area (Å²) in [5.41, 5.74) is 3.05. The minimum atomic E-state index is -0.706. The van der Waals surface area contributed by atoms with Crippen molar-refractivity contribution in [1.82, 2.24) is 5.32 Å². The topological polar surface area (TPSA) is 61.4 Å². The van der Waals surface area contributed by atoms with Gasteiger partial charge in [0.15, 0.2) is 0 Å². The lowest BCUT2D eigenvalue weighted by atomic mass is 9.74. The van der Waals surface area contributed by atoms with Crippen molar-refractivity contribution in [2.24, 2.45) is 5.92 Å². The lowest BCUT2D eigenvalue weighted by molar-refractivity contribution is -0.140. The first kappa shape index (κ1) is 11.5. The first-order chi connectivity index (χ1) is 8.66. The molecule has 18 heavy (non-hydrogen) atoms. The average Bonchev–Trinajstić information content (AvgIpc) is 2.35. The highest BCUT2D eigenvalue weighted by Gasteiger charge is 2.41. The minimum Gasteiger partial charge on any atom is -0.481 e. The van der Waals surface area contributed by atoms with E-state index in [9.17, 15) is 9.90 Å². The van der Waals surface area contributed by atoms with Crippen LogP contribution in [-0.4, -0.2) is 30.2 Å². The predicted octanol–water partition coefficient (Wildman–Crippen LogP) is 1.57.